The van der Waals surface area contributed by atoms with Gasteiger partial charge in [0, 0.05) is 19.6 Å². The first-order valence-electron chi connectivity index (χ1n) is 5.44. The maximum absolute atomic E-state index is 11.3. The highest BCUT2D eigenvalue weighted by atomic mass is 16.3. The Labute approximate surface area is 90.8 Å². The second kappa shape index (κ2) is 5.44. The van der Waals surface area contributed by atoms with Crippen molar-refractivity contribution in [2.24, 2.45) is 0 Å². The minimum atomic E-state index is -0.665. The molecule has 1 unspecified atom stereocenters. The Balaban J connectivity index is 2.28. The lowest BCUT2D eigenvalue weighted by Crippen LogP contribution is -2.46. The first-order chi connectivity index (χ1) is 7.06. The molecule has 5 heteroatoms. The summed E-state index contributed by atoms with van der Waals surface area (Å²) in [5, 5.41) is 15.9. The van der Waals surface area contributed by atoms with Crippen molar-refractivity contribution in [3.05, 3.63) is 0 Å². The minimum absolute atomic E-state index is 0.00885. The van der Waals surface area contributed by atoms with Gasteiger partial charge in [0.25, 0.3) is 0 Å². The van der Waals surface area contributed by atoms with Gasteiger partial charge in [-0.25, -0.2) is 0 Å². The zero-order valence-electron chi connectivity index (χ0n) is 9.55. The molecule has 15 heavy (non-hydrogen) atoms. The molecule has 5 nitrogen and oxygen atoms in total. The zero-order chi connectivity index (χ0) is 11.3. The monoisotopic (exact) mass is 215 g/mol. The van der Waals surface area contributed by atoms with Crippen molar-refractivity contribution in [3.8, 4) is 0 Å². The van der Waals surface area contributed by atoms with Gasteiger partial charge in [-0.15, -0.1) is 0 Å². The molecule has 1 saturated heterocycles. The van der Waals surface area contributed by atoms with E-state index in [2.05, 4.69) is 10.6 Å². The van der Waals surface area contributed by atoms with E-state index in [9.17, 15) is 9.90 Å². The molecular weight excluding hydrogens is 194 g/mol. The summed E-state index contributed by atoms with van der Waals surface area (Å²) in [6.07, 6.45) is 0.757. The second-order valence-corrected chi connectivity index (χ2v) is 4.28. The van der Waals surface area contributed by atoms with Gasteiger partial charge in [-0.2, -0.15) is 0 Å². The fourth-order valence-corrected chi connectivity index (χ4v) is 1.92. The highest BCUT2D eigenvalue weighted by Crippen LogP contribution is 2.14. The van der Waals surface area contributed by atoms with Gasteiger partial charge in [-0.1, -0.05) is 0 Å². The quantitative estimate of drug-likeness (QED) is 0.538. The summed E-state index contributed by atoms with van der Waals surface area (Å²) in [5.74, 6) is 0.00885. The van der Waals surface area contributed by atoms with Crippen molar-refractivity contribution in [3.63, 3.8) is 0 Å². The first kappa shape index (κ1) is 12.4. The van der Waals surface area contributed by atoms with E-state index in [0.29, 0.717) is 26.2 Å². The number of likely N-dealkylation sites (N-methyl/N-ethyl adjacent to an activating group) is 2. The highest BCUT2D eigenvalue weighted by Gasteiger charge is 2.32. The maximum Gasteiger partial charge on any atom is 0.234 e. The topological polar surface area (TPSA) is 64.6 Å². The van der Waals surface area contributed by atoms with Gasteiger partial charge in [-0.3, -0.25) is 9.69 Å². The van der Waals surface area contributed by atoms with E-state index in [1.165, 1.54) is 0 Å². The van der Waals surface area contributed by atoms with E-state index in [-0.39, 0.29) is 5.91 Å². The van der Waals surface area contributed by atoms with Crippen LogP contribution >= 0.6 is 0 Å². The van der Waals surface area contributed by atoms with Gasteiger partial charge < -0.3 is 15.7 Å². The predicted octanol–water partition coefficient (Wildman–Crippen LogP) is -1.22. The molecule has 1 atom stereocenters. The fraction of sp³-hybridized carbons (Fsp3) is 0.900. The molecule has 0 aromatic heterocycles. The van der Waals surface area contributed by atoms with Gasteiger partial charge in [-0.05, 0) is 26.9 Å². The molecule has 0 aromatic rings. The Bertz CT molecular complexity index is 215. The summed E-state index contributed by atoms with van der Waals surface area (Å²) in [5.41, 5.74) is -0.665. The van der Waals surface area contributed by atoms with Crippen LogP contribution in [0.1, 0.15) is 13.3 Å². The normalized spacial score (nSPS) is 25.9. The van der Waals surface area contributed by atoms with E-state index in [1.54, 1.807) is 0 Å². The van der Waals surface area contributed by atoms with E-state index < -0.39 is 5.60 Å². The van der Waals surface area contributed by atoms with Crippen molar-refractivity contribution >= 4 is 5.91 Å². The molecule has 0 saturated carbocycles. The molecular formula is C10H21N3O2. The van der Waals surface area contributed by atoms with E-state index in [4.69, 9.17) is 0 Å². The van der Waals surface area contributed by atoms with Gasteiger partial charge in [0.05, 0.1) is 12.1 Å². The number of aliphatic hydroxyl groups is 1. The molecule has 1 aliphatic heterocycles. The van der Waals surface area contributed by atoms with Crippen molar-refractivity contribution in [1.82, 2.24) is 15.5 Å². The molecule has 0 aromatic carbocycles. The van der Waals surface area contributed by atoms with Crippen LogP contribution in [0.25, 0.3) is 0 Å². The number of carbonyl (C=O) groups excluding carboxylic acids is 1. The number of β-amino-alcohol motifs (C(OH)–C–C–N with tert-alkyl or cyclic N) is 1. The fourth-order valence-electron chi connectivity index (χ4n) is 1.92. The van der Waals surface area contributed by atoms with E-state index in [0.717, 1.165) is 13.0 Å². The number of rotatable bonds is 5. The van der Waals surface area contributed by atoms with Crippen LogP contribution in [-0.2, 0) is 4.79 Å². The minimum Gasteiger partial charge on any atom is -0.387 e. The van der Waals surface area contributed by atoms with Crippen LogP contribution in [0, 0.1) is 0 Å². The van der Waals surface area contributed by atoms with Crippen LogP contribution in [0.2, 0.25) is 0 Å². The summed E-state index contributed by atoms with van der Waals surface area (Å²) in [7, 11) is 1.85. The lowest BCUT2D eigenvalue weighted by molar-refractivity contribution is -0.122. The van der Waals surface area contributed by atoms with Gasteiger partial charge in [0.2, 0.25) is 5.91 Å². The Morgan fingerprint density at radius 2 is 2.40 bits per heavy atom. The lowest BCUT2D eigenvalue weighted by Gasteiger charge is -2.27. The highest BCUT2D eigenvalue weighted by molar-refractivity contribution is 5.77. The Morgan fingerprint density at radius 1 is 1.67 bits per heavy atom. The summed E-state index contributed by atoms with van der Waals surface area (Å²) in [6.45, 7) is 4.90. The zero-order valence-corrected chi connectivity index (χ0v) is 9.55. The molecule has 88 valence electrons. The third kappa shape index (κ3) is 4.15. The van der Waals surface area contributed by atoms with Crippen LogP contribution in [0.5, 0.6) is 0 Å². The van der Waals surface area contributed by atoms with E-state index >= 15 is 0 Å². The summed E-state index contributed by atoms with van der Waals surface area (Å²) >= 11 is 0. The molecule has 0 spiro atoms. The average molecular weight is 215 g/mol. The third-order valence-electron chi connectivity index (χ3n) is 2.57. The molecule has 0 bridgehead atoms. The number of hydrogen-bond donors (Lipinski definition) is 3. The molecule has 0 aliphatic carbocycles. The largest absolute Gasteiger partial charge is 0.387 e. The second-order valence-electron chi connectivity index (χ2n) is 4.28. The Kier molecular flexibility index (Phi) is 4.50. The number of hydrogen-bond acceptors (Lipinski definition) is 4. The van der Waals surface area contributed by atoms with Crippen LogP contribution in [-0.4, -0.2) is 61.3 Å². The smallest absolute Gasteiger partial charge is 0.234 e. The Hall–Kier alpha value is -0.650. The number of carbonyl (C=O) groups is 1. The van der Waals surface area contributed by atoms with Crippen LogP contribution in [0.4, 0.5) is 0 Å². The predicted molar refractivity (Wildman–Crippen MR) is 58.6 cm³/mol. The molecule has 1 rings (SSSR count). The molecule has 3 N–H and O–H groups in total. The van der Waals surface area contributed by atoms with Crippen LogP contribution < -0.4 is 10.6 Å². The van der Waals surface area contributed by atoms with Gasteiger partial charge >= 0.3 is 0 Å². The molecule has 1 heterocycles. The van der Waals surface area contributed by atoms with Crippen LogP contribution in [0.15, 0.2) is 0 Å². The number of nitrogens with zero attached hydrogens (tertiary/aromatic N) is 1. The average Bonchev–Trinajstić information content (AvgIpc) is 2.51. The SMILES string of the molecule is CCNC(=O)CN(C)CC1(O)CCNC1. The van der Waals surface area contributed by atoms with Crippen LogP contribution in [0.3, 0.4) is 0 Å². The molecule has 0 radical (unpaired) electrons. The molecule has 1 aliphatic rings. The van der Waals surface area contributed by atoms with Crippen molar-refractivity contribution in [1.29, 1.82) is 0 Å². The summed E-state index contributed by atoms with van der Waals surface area (Å²) < 4.78 is 0. The Morgan fingerprint density at radius 3 is 2.93 bits per heavy atom. The van der Waals surface area contributed by atoms with Crippen molar-refractivity contribution < 1.29 is 9.90 Å². The van der Waals surface area contributed by atoms with Gasteiger partial charge in [0.1, 0.15) is 0 Å². The first-order valence-corrected chi connectivity index (χ1v) is 5.44. The lowest BCUT2D eigenvalue weighted by atomic mass is 10.0. The maximum atomic E-state index is 11.3. The summed E-state index contributed by atoms with van der Waals surface area (Å²) in [4.78, 5) is 13.1. The van der Waals surface area contributed by atoms with Crippen molar-refractivity contribution in [2.75, 3.05) is 39.8 Å². The molecule has 1 fully saturated rings. The standard InChI is InChI=1S/C10H21N3O2/c1-3-12-9(14)6-13(2)8-10(15)4-5-11-7-10/h11,15H,3-8H2,1-2H3,(H,12,14). The molecule has 1 amide bonds. The van der Waals surface area contributed by atoms with Crippen molar-refractivity contribution in [2.45, 2.75) is 18.9 Å². The van der Waals surface area contributed by atoms with E-state index in [1.807, 2.05) is 18.9 Å². The van der Waals surface area contributed by atoms with Gasteiger partial charge in [0.15, 0.2) is 0 Å². The third-order valence-corrected chi connectivity index (χ3v) is 2.57. The number of nitrogens with one attached hydrogen (secondary N) is 2. The summed E-state index contributed by atoms with van der Waals surface area (Å²) in [6, 6.07) is 0. The number of amides is 1.